The van der Waals surface area contributed by atoms with Crippen molar-refractivity contribution in [2.75, 3.05) is 5.32 Å². The van der Waals surface area contributed by atoms with Gasteiger partial charge in [0.25, 0.3) is 5.91 Å². The molecule has 1 saturated carbocycles. The molecule has 208 valence electrons. The van der Waals surface area contributed by atoms with Gasteiger partial charge in [0.15, 0.2) is 0 Å². The number of ether oxygens (including phenoxy) is 1. The first kappa shape index (κ1) is 29.8. The smallest absolute Gasteiger partial charge is 0.408 e. The van der Waals surface area contributed by atoms with Crippen molar-refractivity contribution in [3.8, 4) is 12.3 Å². The van der Waals surface area contributed by atoms with Gasteiger partial charge in [0.2, 0.25) is 5.91 Å². The molecule has 3 rings (SSSR count). The molecule has 1 aliphatic rings. The summed E-state index contributed by atoms with van der Waals surface area (Å²) in [6, 6.07) is 12.7. The van der Waals surface area contributed by atoms with Gasteiger partial charge >= 0.3 is 6.09 Å². The molecule has 2 N–H and O–H groups in total. The van der Waals surface area contributed by atoms with Crippen molar-refractivity contribution in [1.82, 2.24) is 10.2 Å². The van der Waals surface area contributed by atoms with E-state index in [1.54, 1.807) is 49.9 Å². The van der Waals surface area contributed by atoms with Gasteiger partial charge in [0.1, 0.15) is 17.7 Å². The van der Waals surface area contributed by atoms with Crippen molar-refractivity contribution in [2.45, 2.75) is 85.0 Å². The van der Waals surface area contributed by atoms with Crippen LogP contribution in [0.2, 0.25) is 0 Å². The number of amides is 3. The van der Waals surface area contributed by atoms with Gasteiger partial charge in [0.05, 0.1) is 0 Å². The van der Waals surface area contributed by atoms with Crippen LogP contribution >= 0.6 is 0 Å². The summed E-state index contributed by atoms with van der Waals surface area (Å²) >= 11 is 0. The summed E-state index contributed by atoms with van der Waals surface area (Å²) in [6.45, 7) is 13.3. The Hall–Kier alpha value is -3.79. The van der Waals surface area contributed by atoms with Crippen LogP contribution in [-0.4, -0.2) is 40.5 Å². The summed E-state index contributed by atoms with van der Waals surface area (Å²) in [5.74, 6) is 2.29. The molecule has 0 aromatic heterocycles. The Morgan fingerprint density at radius 2 is 1.72 bits per heavy atom. The van der Waals surface area contributed by atoms with Crippen molar-refractivity contribution in [2.24, 2.45) is 11.8 Å². The van der Waals surface area contributed by atoms with Crippen LogP contribution in [0.15, 0.2) is 48.5 Å². The number of para-hydroxylation sites is 1. The predicted molar refractivity (Wildman–Crippen MR) is 154 cm³/mol. The quantitative estimate of drug-likeness (QED) is 0.399. The fraction of sp³-hybridized carbons (Fsp3) is 0.469. The van der Waals surface area contributed by atoms with Crippen molar-refractivity contribution in [3.05, 3.63) is 65.2 Å². The second kappa shape index (κ2) is 12.4. The van der Waals surface area contributed by atoms with Crippen LogP contribution in [-0.2, 0) is 14.3 Å². The highest BCUT2D eigenvalue weighted by Crippen LogP contribution is 2.41. The molecule has 0 aliphatic heterocycles. The number of terminal acetylenes is 1. The number of hydrogen-bond donors (Lipinski definition) is 2. The van der Waals surface area contributed by atoms with Gasteiger partial charge in [-0.25, -0.2) is 4.79 Å². The van der Waals surface area contributed by atoms with Crippen molar-refractivity contribution >= 4 is 23.6 Å². The van der Waals surface area contributed by atoms with Crippen LogP contribution in [0, 0.1) is 31.1 Å². The molecule has 39 heavy (non-hydrogen) atoms. The maximum Gasteiger partial charge on any atom is 0.408 e. The third kappa shape index (κ3) is 8.10. The molecule has 7 nitrogen and oxygen atoms in total. The molecule has 0 bridgehead atoms. The Morgan fingerprint density at radius 1 is 1.10 bits per heavy atom. The summed E-state index contributed by atoms with van der Waals surface area (Å²) in [5.41, 5.74) is 2.20. The fourth-order valence-corrected chi connectivity index (χ4v) is 4.61. The molecule has 1 aliphatic carbocycles. The van der Waals surface area contributed by atoms with Gasteiger partial charge in [-0.3, -0.25) is 9.59 Å². The monoisotopic (exact) mass is 531 g/mol. The van der Waals surface area contributed by atoms with E-state index in [2.05, 4.69) is 23.5 Å². The normalized spacial score (nSPS) is 17.9. The topological polar surface area (TPSA) is 87.7 Å². The van der Waals surface area contributed by atoms with Crippen LogP contribution in [0.3, 0.4) is 0 Å². The number of alkyl carbamates (subject to hydrolysis) is 1. The largest absolute Gasteiger partial charge is 0.444 e. The van der Waals surface area contributed by atoms with Gasteiger partial charge < -0.3 is 20.3 Å². The van der Waals surface area contributed by atoms with E-state index < -0.39 is 23.8 Å². The SMILES string of the molecule is C#Cc1ccc(C(C(=O)Nc2ccccc2C)N(C(=O)C(CC(C)C)NC(=O)OC(C)(C)C)C2CC2C)cc1. The first-order chi connectivity index (χ1) is 18.3. The highest BCUT2D eigenvalue weighted by atomic mass is 16.6. The van der Waals surface area contributed by atoms with Crippen molar-refractivity contribution in [1.29, 1.82) is 0 Å². The third-order valence-electron chi connectivity index (χ3n) is 6.70. The summed E-state index contributed by atoms with van der Waals surface area (Å²) in [7, 11) is 0. The second-order valence-corrected chi connectivity index (χ2v) is 11.8. The van der Waals surface area contributed by atoms with Crippen LogP contribution in [0.25, 0.3) is 0 Å². The molecular formula is C32H41N3O4. The average Bonchev–Trinajstić information content (AvgIpc) is 3.57. The molecular weight excluding hydrogens is 490 g/mol. The molecule has 7 heteroatoms. The zero-order chi connectivity index (χ0) is 28.9. The van der Waals surface area contributed by atoms with E-state index in [4.69, 9.17) is 11.2 Å². The zero-order valence-electron chi connectivity index (χ0n) is 24.1. The molecule has 0 heterocycles. The predicted octanol–water partition coefficient (Wildman–Crippen LogP) is 5.83. The number of carbonyl (C=O) groups is 3. The maximum absolute atomic E-state index is 14.3. The minimum absolute atomic E-state index is 0.113. The van der Waals surface area contributed by atoms with Crippen LogP contribution in [0.4, 0.5) is 10.5 Å². The first-order valence-corrected chi connectivity index (χ1v) is 13.6. The number of carbonyl (C=O) groups excluding carboxylic acids is 3. The number of anilines is 1. The first-order valence-electron chi connectivity index (χ1n) is 13.6. The zero-order valence-corrected chi connectivity index (χ0v) is 24.1. The highest BCUT2D eigenvalue weighted by molar-refractivity contribution is 5.99. The lowest BCUT2D eigenvalue weighted by atomic mass is 9.98. The van der Waals surface area contributed by atoms with E-state index in [1.807, 2.05) is 45.0 Å². The minimum Gasteiger partial charge on any atom is -0.444 e. The molecule has 0 saturated heterocycles. The summed E-state index contributed by atoms with van der Waals surface area (Å²) < 4.78 is 5.47. The van der Waals surface area contributed by atoms with Crippen LogP contribution < -0.4 is 10.6 Å². The van der Waals surface area contributed by atoms with Crippen LogP contribution in [0.1, 0.15) is 77.1 Å². The fourth-order valence-electron chi connectivity index (χ4n) is 4.61. The Morgan fingerprint density at radius 3 is 2.23 bits per heavy atom. The summed E-state index contributed by atoms with van der Waals surface area (Å²) in [5, 5.41) is 5.83. The Balaban J connectivity index is 2.04. The number of rotatable bonds is 9. The molecule has 0 radical (unpaired) electrons. The lowest BCUT2D eigenvalue weighted by Gasteiger charge is -2.35. The minimum atomic E-state index is -0.922. The van der Waals surface area contributed by atoms with Crippen LogP contribution in [0.5, 0.6) is 0 Å². The standard InChI is InChI=1S/C32H41N3O4/c1-9-23-14-16-24(17-15-23)28(29(36)33-25-13-11-10-12-21(25)4)35(27-19-22(27)5)30(37)26(18-20(2)3)34-31(38)39-32(6,7)8/h1,10-17,20,22,26-28H,18-19H2,2-8H3,(H,33,36)(H,34,38). The van der Waals surface area contributed by atoms with Crippen molar-refractivity contribution in [3.63, 3.8) is 0 Å². The van der Waals surface area contributed by atoms with Gasteiger partial charge in [0, 0.05) is 17.3 Å². The molecule has 1 fully saturated rings. The molecule has 4 atom stereocenters. The lowest BCUT2D eigenvalue weighted by Crippen LogP contribution is -2.53. The Bertz CT molecular complexity index is 1220. The van der Waals surface area contributed by atoms with E-state index in [1.165, 1.54) is 0 Å². The summed E-state index contributed by atoms with van der Waals surface area (Å²) in [4.78, 5) is 42.7. The lowest BCUT2D eigenvalue weighted by molar-refractivity contribution is -0.142. The molecule has 2 aromatic carbocycles. The number of benzene rings is 2. The molecule has 0 spiro atoms. The van der Waals surface area contributed by atoms with Gasteiger partial charge in [-0.15, -0.1) is 6.42 Å². The van der Waals surface area contributed by atoms with Gasteiger partial charge in [-0.05, 0) is 81.7 Å². The van der Waals surface area contributed by atoms with Gasteiger partial charge in [-0.2, -0.15) is 0 Å². The molecule has 4 unspecified atom stereocenters. The Kier molecular flexibility index (Phi) is 9.45. The summed E-state index contributed by atoms with van der Waals surface area (Å²) in [6.07, 6.45) is 6.07. The third-order valence-corrected chi connectivity index (χ3v) is 6.70. The second-order valence-electron chi connectivity index (χ2n) is 11.8. The maximum atomic E-state index is 14.3. The highest BCUT2D eigenvalue weighted by Gasteiger charge is 2.48. The average molecular weight is 532 g/mol. The molecule has 3 amide bonds. The Labute approximate surface area is 232 Å². The van der Waals surface area contributed by atoms with E-state index in [-0.39, 0.29) is 29.7 Å². The van der Waals surface area contributed by atoms with E-state index in [0.29, 0.717) is 23.2 Å². The van der Waals surface area contributed by atoms with Gasteiger partial charge in [-0.1, -0.05) is 57.0 Å². The van der Waals surface area contributed by atoms with Crippen molar-refractivity contribution < 1.29 is 19.1 Å². The number of nitrogens with zero attached hydrogens (tertiary/aromatic N) is 1. The van der Waals surface area contributed by atoms with E-state index >= 15 is 0 Å². The van der Waals surface area contributed by atoms with E-state index in [0.717, 1.165) is 12.0 Å². The number of aryl methyl sites for hydroxylation is 1. The molecule has 2 aromatic rings. The number of hydrogen-bond acceptors (Lipinski definition) is 4. The van der Waals surface area contributed by atoms with E-state index in [9.17, 15) is 14.4 Å². The number of nitrogens with one attached hydrogen (secondary N) is 2.